The van der Waals surface area contributed by atoms with Crippen molar-refractivity contribution in [3.05, 3.63) is 0 Å². The maximum Gasteiger partial charge on any atom is 0.0221 e. The molecule has 0 amide bonds. The molecule has 2 fully saturated rings. The van der Waals surface area contributed by atoms with Crippen LogP contribution in [0.1, 0.15) is 53.4 Å². The van der Waals surface area contributed by atoms with Gasteiger partial charge in [-0.05, 0) is 38.0 Å². The van der Waals surface area contributed by atoms with Gasteiger partial charge >= 0.3 is 0 Å². The Labute approximate surface area is 101 Å². The third-order valence-corrected chi connectivity index (χ3v) is 4.54. The average Bonchev–Trinajstić information content (AvgIpc) is 2.59. The second-order valence-corrected chi connectivity index (χ2v) is 6.63. The van der Waals surface area contributed by atoms with Crippen LogP contribution in [0.5, 0.6) is 0 Å². The second-order valence-electron chi connectivity index (χ2n) is 6.63. The molecule has 1 aliphatic heterocycles. The van der Waals surface area contributed by atoms with Crippen molar-refractivity contribution in [2.75, 3.05) is 13.1 Å². The molecule has 0 radical (unpaired) electrons. The van der Waals surface area contributed by atoms with Crippen LogP contribution >= 0.6 is 0 Å². The number of rotatable bonds is 2. The number of nitrogens with zero attached hydrogens (tertiary/aromatic N) is 1. The van der Waals surface area contributed by atoms with Gasteiger partial charge in [0, 0.05) is 31.2 Å². The van der Waals surface area contributed by atoms with Crippen LogP contribution in [0.4, 0.5) is 0 Å². The van der Waals surface area contributed by atoms with Crippen LogP contribution in [0.15, 0.2) is 0 Å². The Morgan fingerprint density at radius 3 is 2.69 bits per heavy atom. The Hall–Kier alpha value is -0.0800. The minimum absolute atomic E-state index is 0.580. The van der Waals surface area contributed by atoms with Crippen molar-refractivity contribution in [1.82, 2.24) is 10.2 Å². The van der Waals surface area contributed by atoms with Crippen molar-refractivity contribution >= 4 is 0 Å². The van der Waals surface area contributed by atoms with Gasteiger partial charge in [-0.25, -0.2) is 0 Å². The fraction of sp³-hybridized carbons (Fsp3) is 1.00. The summed E-state index contributed by atoms with van der Waals surface area (Å²) >= 11 is 0. The van der Waals surface area contributed by atoms with Gasteiger partial charge in [0.2, 0.25) is 0 Å². The Morgan fingerprint density at radius 2 is 2.12 bits per heavy atom. The summed E-state index contributed by atoms with van der Waals surface area (Å²) in [4.78, 5) is 2.80. The molecule has 0 spiro atoms. The maximum absolute atomic E-state index is 3.62. The highest BCUT2D eigenvalue weighted by Crippen LogP contribution is 2.40. The normalized spacial score (nSPS) is 40.1. The Morgan fingerprint density at radius 1 is 1.38 bits per heavy atom. The standard InChI is InChI=1S/C14H28N2/c1-5-12-9-15-11(2)10-16(12)13-6-7-14(3,4)8-13/h11-13,15H,5-10H2,1-4H3. The molecule has 0 bridgehead atoms. The van der Waals surface area contributed by atoms with E-state index in [9.17, 15) is 0 Å². The lowest BCUT2D eigenvalue weighted by Crippen LogP contribution is -2.58. The SMILES string of the molecule is CCC1CNC(C)CN1C1CCC(C)(C)C1. The van der Waals surface area contributed by atoms with Gasteiger partial charge in [-0.15, -0.1) is 0 Å². The highest BCUT2D eigenvalue weighted by molar-refractivity contribution is 4.94. The zero-order valence-electron chi connectivity index (χ0n) is 11.4. The lowest BCUT2D eigenvalue weighted by atomic mass is 9.91. The quantitative estimate of drug-likeness (QED) is 0.776. The van der Waals surface area contributed by atoms with E-state index in [1.165, 1.54) is 38.8 Å². The van der Waals surface area contributed by atoms with Crippen LogP contribution in [-0.4, -0.2) is 36.1 Å². The second kappa shape index (κ2) is 4.66. The molecule has 1 N–H and O–H groups in total. The lowest BCUT2D eigenvalue weighted by molar-refractivity contribution is 0.0801. The van der Waals surface area contributed by atoms with Crippen LogP contribution in [0.2, 0.25) is 0 Å². The third-order valence-electron chi connectivity index (χ3n) is 4.54. The molecule has 1 heterocycles. The summed E-state index contributed by atoms with van der Waals surface area (Å²) in [6.07, 6.45) is 5.51. The van der Waals surface area contributed by atoms with E-state index >= 15 is 0 Å². The fourth-order valence-corrected chi connectivity index (χ4v) is 3.49. The first-order valence-corrected chi connectivity index (χ1v) is 7.01. The van der Waals surface area contributed by atoms with Crippen molar-refractivity contribution in [1.29, 1.82) is 0 Å². The molecular weight excluding hydrogens is 196 g/mol. The van der Waals surface area contributed by atoms with Crippen LogP contribution in [-0.2, 0) is 0 Å². The molecule has 1 aliphatic carbocycles. The van der Waals surface area contributed by atoms with E-state index in [-0.39, 0.29) is 0 Å². The van der Waals surface area contributed by atoms with Crippen molar-refractivity contribution in [3.8, 4) is 0 Å². The van der Waals surface area contributed by atoms with Crippen molar-refractivity contribution in [3.63, 3.8) is 0 Å². The van der Waals surface area contributed by atoms with Crippen LogP contribution in [0.3, 0.4) is 0 Å². The molecule has 0 aromatic carbocycles. The van der Waals surface area contributed by atoms with Gasteiger partial charge in [0.25, 0.3) is 0 Å². The molecule has 2 heteroatoms. The molecule has 94 valence electrons. The zero-order valence-corrected chi connectivity index (χ0v) is 11.4. The molecule has 3 atom stereocenters. The molecule has 16 heavy (non-hydrogen) atoms. The van der Waals surface area contributed by atoms with Gasteiger partial charge in [0.05, 0.1) is 0 Å². The van der Waals surface area contributed by atoms with E-state index in [0.29, 0.717) is 11.5 Å². The molecule has 3 unspecified atom stereocenters. The van der Waals surface area contributed by atoms with E-state index in [1.54, 1.807) is 0 Å². The topological polar surface area (TPSA) is 15.3 Å². The zero-order chi connectivity index (χ0) is 11.8. The number of hydrogen-bond donors (Lipinski definition) is 1. The molecule has 0 aromatic heterocycles. The highest BCUT2D eigenvalue weighted by Gasteiger charge is 2.38. The molecule has 1 saturated heterocycles. The van der Waals surface area contributed by atoms with E-state index in [2.05, 4.69) is 37.9 Å². The Balaban J connectivity index is 2.00. The van der Waals surface area contributed by atoms with Crippen molar-refractivity contribution in [2.45, 2.75) is 71.5 Å². The van der Waals surface area contributed by atoms with Crippen molar-refractivity contribution < 1.29 is 0 Å². The van der Waals surface area contributed by atoms with Gasteiger partial charge < -0.3 is 5.32 Å². The van der Waals surface area contributed by atoms with E-state index in [0.717, 1.165) is 12.1 Å². The Bertz CT molecular complexity index is 237. The predicted molar refractivity (Wildman–Crippen MR) is 69.7 cm³/mol. The van der Waals surface area contributed by atoms with E-state index in [1.807, 2.05) is 0 Å². The molecule has 1 saturated carbocycles. The van der Waals surface area contributed by atoms with Crippen LogP contribution in [0.25, 0.3) is 0 Å². The molecule has 0 aromatic rings. The first kappa shape index (κ1) is 12.4. The van der Waals surface area contributed by atoms with Crippen LogP contribution < -0.4 is 5.32 Å². The molecule has 2 rings (SSSR count). The maximum atomic E-state index is 3.62. The van der Waals surface area contributed by atoms with Crippen molar-refractivity contribution in [2.24, 2.45) is 5.41 Å². The summed E-state index contributed by atoms with van der Waals surface area (Å²) in [6, 6.07) is 2.30. The largest absolute Gasteiger partial charge is 0.311 e. The lowest BCUT2D eigenvalue weighted by Gasteiger charge is -2.43. The summed E-state index contributed by atoms with van der Waals surface area (Å²) in [6.45, 7) is 11.9. The molecule has 2 aliphatic rings. The number of nitrogens with one attached hydrogen (secondary N) is 1. The predicted octanol–water partition coefficient (Wildman–Crippen LogP) is 2.64. The number of piperazine rings is 1. The first-order chi connectivity index (χ1) is 7.52. The monoisotopic (exact) mass is 224 g/mol. The van der Waals surface area contributed by atoms with Gasteiger partial charge in [0.15, 0.2) is 0 Å². The third kappa shape index (κ3) is 2.60. The molecular formula is C14H28N2. The van der Waals surface area contributed by atoms with Gasteiger partial charge in [-0.1, -0.05) is 20.8 Å². The van der Waals surface area contributed by atoms with E-state index < -0.39 is 0 Å². The molecule has 2 nitrogen and oxygen atoms in total. The highest BCUT2D eigenvalue weighted by atomic mass is 15.3. The smallest absolute Gasteiger partial charge is 0.0221 e. The number of hydrogen-bond acceptors (Lipinski definition) is 2. The minimum atomic E-state index is 0.580. The van der Waals surface area contributed by atoms with E-state index in [4.69, 9.17) is 0 Å². The Kier molecular flexibility index (Phi) is 3.60. The van der Waals surface area contributed by atoms with Crippen LogP contribution in [0, 0.1) is 5.41 Å². The van der Waals surface area contributed by atoms with Gasteiger partial charge in [0.1, 0.15) is 0 Å². The van der Waals surface area contributed by atoms with Gasteiger partial charge in [-0.2, -0.15) is 0 Å². The van der Waals surface area contributed by atoms with Gasteiger partial charge in [-0.3, -0.25) is 4.90 Å². The summed E-state index contributed by atoms with van der Waals surface area (Å²) in [5, 5.41) is 3.62. The summed E-state index contributed by atoms with van der Waals surface area (Å²) in [5.41, 5.74) is 0.580. The summed E-state index contributed by atoms with van der Waals surface area (Å²) < 4.78 is 0. The first-order valence-electron chi connectivity index (χ1n) is 7.01. The average molecular weight is 224 g/mol. The fourth-order valence-electron chi connectivity index (χ4n) is 3.49. The summed E-state index contributed by atoms with van der Waals surface area (Å²) in [7, 11) is 0. The minimum Gasteiger partial charge on any atom is -0.311 e. The summed E-state index contributed by atoms with van der Waals surface area (Å²) in [5.74, 6) is 0.